The van der Waals surface area contributed by atoms with Crippen molar-refractivity contribution in [3.05, 3.63) is 58.7 Å². The van der Waals surface area contributed by atoms with Crippen LogP contribution >= 0.6 is 11.6 Å². The van der Waals surface area contributed by atoms with Crippen molar-refractivity contribution in [1.29, 1.82) is 0 Å². The molecule has 7 heteroatoms. The van der Waals surface area contributed by atoms with Crippen LogP contribution in [0.25, 0.3) is 0 Å². The van der Waals surface area contributed by atoms with Crippen LogP contribution in [0.4, 0.5) is 5.82 Å². The maximum absolute atomic E-state index is 12.2. The minimum absolute atomic E-state index is 0.169. The van der Waals surface area contributed by atoms with Crippen LogP contribution in [-0.2, 0) is 11.3 Å². The monoisotopic (exact) mass is 374 g/mol. The van der Waals surface area contributed by atoms with Gasteiger partial charge in [-0.2, -0.15) is 0 Å². The Balaban J connectivity index is 1.44. The molecule has 0 aliphatic carbocycles. The number of amides is 1. The topological polar surface area (TPSA) is 66.5 Å². The predicted molar refractivity (Wildman–Crippen MR) is 103 cm³/mol. The van der Waals surface area contributed by atoms with Crippen LogP contribution in [-0.4, -0.2) is 55.2 Å². The van der Waals surface area contributed by atoms with E-state index in [1.54, 1.807) is 12.3 Å². The molecule has 2 N–H and O–H groups in total. The first-order chi connectivity index (χ1) is 12.7. The van der Waals surface area contributed by atoms with Gasteiger partial charge in [-0.25, -0.2) is 4.98 Å². The van der Waals surface area contributed by atoms with Gasteiger partial charge in [0.2, 0.25) is 0 Å². The predicted octanol–water partition coefficient (Wildman–Crippen LogP) is 2.41. The number of morpholine rings is 1. The summed E-state index contributed by atoms with van der Waals surface area (Å²) in [6, 6.07) is 11.1. The van der Waals surface area contributed by atoms with Gasteiger partial charge in [-0.15, -0.1) is 0 Å². The Morgan fingerprint density at radius 1 is 1.19 bits per heavy atom. The Kier molecular flexibility index (Phi) is 6.82. The molecule has 0 saturated carbocycles. The van der Waals surface area contributed by atoms with Crippen molar-refractivity contribution in [3.63, 3.8) is 0 Å². The quantitative estimate of drug-likeness (QED) is 0.779. The average Bonchev–Trinajstić information content (AvgIpc) is 2.68. The normalized spacial score (nSPS) is 14.8. The van der Waals surface area contributed by atoms with E-state index in [4.69, 9.17) is 16.3 Å². The highest BCUT2D eigenvalue weighted by molar-refractivity contribution is 6.31. The summed E-state index contributed by atoms with van der Waals surface area (Å²) >= 11 is 6.10. The van der Waals surface area contributed by atoms with E-state index in [1.807, 2.05) is 30.3 Å². The average molecular weight is 375 g/mol. The van der Waals surface area contributed by atoms with E-state index in [0.717, 1.165) is 50.8 Å². The minimum Gasteiger partial charge on any atom is -0.379 e. The number of carbonyl (C=O) groups excluding carboxylic acids is 1. The molecule has 138 valence electrons. The van der Waals surface area contributed by atoms with Gasteiger partial charge >= 0.3 is 0 Å². The summed E-state index contributed by atoms with van der Waals surface area (Å²) in [5.41, 5.74) is 1.41. The first-order valence-corrected chi connectivity index (χ1v) is 9.12. The second-order valence-corrected chi connectivity index (χ2v) is 6.49. The Hall–Kier alpha value is -2.15. The molecule has 1 amide bonds. The lowest BCUT2D eigenvalue weighted by molar-refractivity contribution is 0.0398. The number of pyridine rings is 1. The summed E-state index contributed by atoms with van der Waals surface area (Å²) in [6.07, 6.45) is 1.58. The van der Waals surface area contributed by atoms with Crippen molar-refractivity contribution in [2.75, 3.05) is 44.7 Å². The number of aromatic nitrogens is 1. The first-order valence-electron chi connectivity index (χ1n) is 8.74. The smallest absolute Gasteiger partial charge is 0.253 e. The number of benzene rings is 1. The molecule has 26 heavy (non-hydrogen) atoms. The standard InChI is InChI=1S/C19H23ClN4O2/c20-17-4-2-1-3-15(17)13-23-19(25)16-5-6-18(22-14-16)21-7-8-24-9-11-26-12-10-24/h1-6,14H,7-13H2,(H,21,22)(H,23,25). The van der Waals surface area contributed by atoms with Crippen LogP contribution in [0, 0.1) is 0 Å². The molecule has 1 aliphatic heterocycles. The van der Waals surface area contributed by atoms with Crippen molar-refractivity contribution >= 4 is 23.3 Å². The van der Waals surface area contributed by atoms with Crippen molar-refractivity contribution in [1.82, 2.24) is 15.2 Å². The van der Waals surface area contributed by atoms with E-state index in [0.29, 0.717) is 17.1 Å². The van der Waals surface area contributed by atoms with E-state index in [1.165, 1.54) is 0 Å². The second kappa shape index (κ2) is 9.52. The fourth-order valence-electron chi connectivity index (χ4n) is 2.72. The molecule has 1 saturated heterocycles. The fraction of sp³-hybridized carbons (Fsp3) is 0.368. The van der Waals surface area contributed by atoms with Crippen molar-refractivity contribution in [2.24, 2.45) is 0 Å². The Labute approximate surface area is 158 Å². The highest BCUT2D eigenvalue weighted by atomic mass is 35.5. The van der Waals surface area contributed by atoms with Crippen LogP contribution in [0.15, 0.2) is 42.6 Å². The van der Waals surface area contributed by atoms with Crippen LogP contribution in [0.2, 0.25) is 5.02 Å². The molecule has 2 heterocycles. The summed E-state index contributed by atoms with van der Waals surface area (Å²) in [4.78, 5) is 18.9. The Morgan fingerprint density at radius 2 is 2.00 bits per heavy atom. The lowest BCUT2D eigenvalue weighted by atomic mass is 10.2. The van der Waals surface area contributed by atoms with E-state index in [2.05, 4.69) is 20.5 Å². The third-order valence-corrected chi connectivity index (χ3v) is 4.63. The number of ether oxygens (including phenoxy) is 1. The summed E-state index contributed by atoms with van der Waals surface area (Å²) < 4.78 is 5.33. The van der Waals surface area contributed by atoms with Gasteiger partial charge in [0.1, 0.15) is 5.82 Å². The van der Waals surface area contributed by atoms with Crippen LogP contribution in [0.5, 0.6) is 0 Å². The Bertz CT molecular complexity index is 718. The molecular weight excluding hydrogens is 352 g/mol. The summed E-state index contributed by atoms with van der Waals surface area (Å²) in [5.74, 6) is 0.596. The van der Waals surface area contributed by atoms with Gasteiger partial charge in [-0.05, 0) is 23.8 Å². The maximum Gasteiger partial charge on any atom is 0.253 e. The van der Waals surface area contributed by atoms with Gasteiger partial charge in [0.05, 0.1) is 18.8 Å². The molecule has 0 radical (unpaired) electrons. The zero-order valence-corrected chi connectivity index (χ0v) is 15.3. The molecule has 1 aromatic heterocycles. The molecule has 0 unspecified atom stereocenters. The van der Waals surface area contributed by atoms with E-state index >= 15 is 0 Å². The molecule has 6 nitrogen and oxygen atoms in total. The number of nitrogens with zero attached hydrogens (tertiary/aromatic N) is 2. The minimum atomic E-state index is -0.169. The number of hydrogen-bond acceptors (Lipinski definition) is 5. The maximum atomic E-state index is 12.2. The number of rotatable bonds is 7. The SMILES string of the molecule is O=C(NCc1ccccc1Cl)c1ccc(NCCN2CCOCC2)nc1. The first kappa shape index (κ1) is 18.6. The number of hydrogen-bond donors (Lipinski definition) is 2. The molecule has 0 bridgehead atoms. The highest BCUT2D eigenvalue weighted by Gasteiger charge is 2.10. The van der Waals surface area contributed by atoms with E-state index in [9.17, 15) is 4.79 Å². The molecule has 0 atom stereocenters. The fourth-order valence-corrected chi connectivity index (χ4v) is 2.92. The molecule has 0 spiro atoms. The van der Waals surface area contributed by atoms with Crippen LogP contribution < -0.4 is 10.6 Å². The van der Waals surface area contributed by atoms with Gasteiger partial charge < -0.3 is 15.4 Å². The molecule has 1 fully saturated rings. The molecule has 1 aliphatic rings. The third kappa shape index (κ3) is 5.42. The second-order valence-electron chi connectivity index (χ2n) is 6.09. The lowest BCUT2D eigenvalue weighted by Crippen LogP contribution is -2.39. The van der Waals surface area contributed by atoms with Gasteiger partial charge in [0.15, 0.2) is 0 Å². The van der Waals surface area contributed by atoms with Gasteiger partial charge in [0.25, 0.3) is 5.91 Å². The third-order valence-electron chi connectivity index (χ3n) is 4.26. The van der Waals surface area contributed by atoms with Crippen molar-refractivity contribution < 1.29 is 9.53 Å². The summed E-state index contributed by atoms with van der Waals surface area (Å²) in [5, 5.41) is 6.78. The summed E-state index contributed by atoms with van der Waals surface area (Å²) in [6.45, 7) is 5.69. The molecule has 3 rings (SSSR count). The highest BCUT2D eigenvalue weighted by Crippen LogP contribution is 2.14. The van der Waals surface area contributed by atoms with E-state index in [-0.39, 0.29) is 5.91 Å². The van der Waals surface area contributed by atoms with Gasteiger partial charge in [-0.1, -0.05) is 29.8 Å². The zero-order valence-electron chi connectivity index (χ0n) is 14.6. The zero-order chi connectivity index (χ0) is 18.2. The molecule has 1 aromatic carbocycles. The molecule has 2 aromatic rings. The lowest BCUT2D eigenvalue weighted by Gasteiger charge is -2.26. The van der Waals surface area contributed by atoms with Gasteiger partial charge in [-0.3, -0.25) is 9.69 Å². The van der Waals surface area contributed by atoms with Crippen LogP contribution in [0.1, 0.15) is 15.9 Å². The summed E-state index contributed by atoms with van der Waals surface area (Å²) in [7, 11) is 0. The largest absolute Gasteiger partial charge is 0.379 e. The number of nitrogens with one attached hydrogen (secondary N) is 2. The van der Waals surface area contributed by atoms with Crippen LogP contribution in [0.3, 0.4) is 0 Å². The molecular formula is C19H23ClN4O2. The number of anilines is 1. The Morgan fingerprint density at radius 3 is 2.73 bits per heavy atom. The van der Waals surface area contributed by atoms with Gasteiger partial charge in [0, 0.05) is 43.9 Å². The van der Waals surface area contributed by atoms with Crippen molar-refractivity contribution in [3.8, 4) is 0 Å². The van der Waals surface area contributed by atoms with Crippen molar-refractivity contribution in [2.45, 2.75) is 6.54 Å². The number of carbonyl (C=O) groups is 1. The van der Waals surface area contributed by atoms with E-state index < -0.39 is 0 Å². The number of halogens is 1.